The van der Waals surface area contributed by atoms with Crippen molar-refractivity contribution >= 4 is 23.4 Å². The van der Waals surface area contributed by atoms with E-state index in [1.807, 2.05) is 24.3 Å². The number of imidazole rings is 1. The van der Waals surface area contributed by atoms with Crippen LogP contribution in [-0.4, -0.2) is 27.4 Å². The van der Waals surface area contributed by atoms with Gasteiger partial charge in [0.1, 0.15) is 24.3 Å². The van der Waals surface area contributed by atoms with Crippen LogP contribution in [0.5, 0.6) is 5.75 Å². The van der Waals surface area contributed by atoms with E-state index in [0.29, 0.717) is 12.5 Å². The molecule has 0 radical (unpaired) electrons. The number of fused-ring (bicyclic) bond motifs is 1. The quantitative estimate of drug-likeness (QED) is 0.580. The van der Waals surface area contributed by atoms with Crippen molar-refractivity contribution in [3.63, 3.8) is 0 Å². The van der Waals surface area contributed by atoms with Gasteiger partial charge >= 0.3 is 0 Å². The Morgan fingerprint density at radius 3 is 2.57 bits per heavy atom. The highest BCUT2D eigenvalue weighted by Gasteiger charge is 2.18. The van der Waals surface area contributed by atoms with Gasteiger partial charge in [-0.15, -0.1) is 12.4 Å². The van der Waals surface area contributed by atoms with Crippen LogP contribution < -0.4 is 4.74 Å². The molecule has 1 N–H and O–H groups in total. The molecule has 0 fully saturated rings. The van der Waals surface area contributed by atoms with Crippen LogP contribution in [0.4, 0.5) is 0 Å². The molecule has 0 aliphatic carbocycles. The molecule has 5 heteroatoms. The van der Waals surface area contributed by atoms with E-state index < -0.39 is 6.10 Å². The van der Waals surface area contributed by atoms with Gasteiger partial charge in [-0.3, -0.25) is 0 Å². The highest BCUT2D eigenvalue weighted by Crippen LogP contribution is 2.26. The molecule has 0 amide bonds. The number of aryl methyl sites for hydroxylation is 2. The van der Waals surface area contributed by atoms with Crippen LogP contribution in [0.15, 0.2) is 36.4 Å². The molecule has 0 saturated heterocycles. The van der Waals surface area contributed by atoms with Gasteiger partial charge in [0.15, 0.2) is 0 Å². The first kappa shape index (κ1) is 22.3. The molecule has 3 aromatic rings. The Hall–Kier alpha value is -2.04. The van der Waals surface area contributed by atoms with Gasteiger partial charge in [0.05, 0.1) is 17.6 Å². The van der Waals surface area contributed by atoms with Crippen LogP contribution in [-0.2, 0) is 6.54 Å². The lowest BCUT2D eigenvalue weighted by Gasteiger charge is -2.19. The van der Waals surface area contributed by atoms with Crippen LogP contribution in [0.3, 0.4) is 0 Å². The number of para-hydroxylation sites is 2. The van der Waals surface area contributed by atoms with E-state index in [-0.39, 0.29) is 19.0 Å². The molecule has 4 nitrogen and oxygen atoms in total. The Morgan fingerprint density at radius 2 is 1.86 bits per heavy atom. The van der Waals surface area contributed by atoms with Crippen molar-refractivity contribution in [1.82, 2.24) is 9.55 Å². The van der Waals surface area contributed by atoms with Crippen molar-refractivity contribution in [2.45, 2.75) is 59.6 Å². The minimum atomic E-state index is -0.606. The average molecular weight is 403 g/mol. The van der Waals surface area contributed by atoms with Crippen molar-refractivity contribution < 1.29 is 9.84 Å². The minimum Gasteiger partial charge on any atom is -0.491 e. The zero-order chi connectivity index (χ0) is 19.6. The lowest BCUT2D eigenvalue weighted by Crippen LogP contribution is -2.25. The average Bonchev–Trinajstić information content (AvgIpc) is 3.01. The highest BCUT2D eigenvalue weighted by molar-refractivity contribution is 5.85. The molecule has 0 spiro atoms. The van der Waals surface area contributed by atoms with Crippen molar-refractivity contribution in [3.8, 4) is 5.75 Å². The molecule has 28 heavy (non-hydrogen) atoms. The predicted molar refractivity (Wildman–Crippen MR) is 118 cm³/mol. The predicted octanol–water partition coefficient (Wildman–Crippen LogP) is 5.34. The van der Waals surface area contributed by atoms with Crippen molar-refractivity contribution in [3.05, 3.63) is 58.9 Å². The van der Waals surface area contributed by atoms with Gasteiger partial charge in [-0.2, -0.15) is 0 Å². The van der Waals surface area contributed by atoms with Crippen molar-refractivity contribution in [2.24, 2.45) is 0 Å². The summed E-state index contributed by atoms with van der Waals surface area (Å²) in [5, 5.41) is 10.7. The zero-order valence-corrected chi connectivity index (χ0v) is 18.2. The standard InChI is InChI=1S/C23H30N2O2.ClH/c1-6-16(3)23-24-20-9-7-8-10-21(20)25(23)13-19(26)14-27-22-12-15(2)11-17(4)18(22)5;/h7-12,16,19,26H,6,13-14H2,1-5H3;1H. The molecular weight excluding hydrogens is 372 g/mol. The largest absolute Gasteiger partial charge is 0.491 e. The van der Waals surface area contributed by atoms with Gasteiger partial charge in [0, 0.05) is 5.92 Å². The van der Waals surface area contributed by atoms with Crippen LogP contribution in [0.1, 0.15) is 48.7 Å². The number of benzene rings is 2. The molecule has 0 bridgehead atoms. The molecule has 152 valence electrons. The number of aromatic nitrogens is 2. The minimum absolute atomic E-state index is 0. The third-order valence-corrected chi connectivity index (χ3v) is 5.33. The summed E-state index contributed by atoms with van der Waals surface area (Å²) in [5.74, 6) is 2.22. The Balaban J connectivity index is 0.00000280. The second kappa shape index (κ2) is 9.44. The second-order valence-corrected chi connectivity index (χ2v) is 7.55. The first-order valence-electron chi connectivity index (χ1n) is 9.74. The third kappa shape index (κ3) is 4.68. The molecule has 1 heterocycles. The SMILES string of the molecule is CCC(C)c1nc2ccccc2n1CC(O)COc1cc(C)cc(C)c1C.Cl. The fourth-order valence-electron chi connectivity index (χ4n) is 3.44. The highest BCUT2D eigenvalue weighted by atomic mass is 35.5. The number of rotatable bonds is 7. The summed E-state index contributed by atoms with van der Waals surface area (Å²) in [6.45, 7) is 11.3. The zero-order valence-electron chi connectivity index (χ0n) is 17.4. The second-order valence-electron chi connectivity index (χ2n) is 7.55. The maximum atomic E-state index is 10.7. The summed E-state index contributed by atoms with van der Waals surface area (Å²) < 4.78 is 8.11. The Morgan fingerprint density at radius 1 is 1.14 bits per heavy atom. The van der Waals surface area contributed by atoms with Gasteiger partial charge in [-0.05, 0) is 62.1 Å². The van der Waals surface area contributed by atoms with Crippen LogP contribution in [0.2, 0.25) is 0 Å². The number of ether oxygens (including phenoxy) is 1. The number of aliphatic hydroxyl groups excluding tert-OH is 1. The molecule has 0 aliphatic rings. The Bertz CT molecular complexity index is 936. The van der Waals surface area contributed by atoms with Gasteiger partial charge in [0.25, 0.3) is 0 Å². The molecule has 1 aromatic heterocycles. The van der Waals surface area contributed by atoms with Gasteiger partial charge in [0.2, 0.25) is 0 Å². The van der Waals surface area contributed by atoms with Gasteiger partial charge < -0.3 is 14.4 Å². The lowest BCUT2D eigenvalue weighted by atomic mass is 10.1. The van der Waals surface area contributed by atoms with E-state index in [2.05, 4.69) is 51.3 Å². The summed E-state index contributed by atoms with van der Waals surface area (Å²) in [7, 11) is 0. The third-order valence-electron chi connectivity index (χ3n) is 5.33. The van der Waals surface area contributed by atoms with E-state index >= 15 is 0 Å². The summed E-state index contributed by atoms with van der Waals surface area (Å²) >= 11 is 0. The van der Waals surface area contributed by atoms with Crippen LogP contribution in [0.25, 0.3) is 11.0 Å². The van der Waals surface area contributed by atoms with Crippen molar-refractivity contribution in [2.75, 3.05) is 6.61 Å². The number of hydrogen-bond donors (Lipinski definition) is 1. The topological polar surface area (TPSA) is 47.3 Å². The summed E-state index contributed by atoms with van der Waals surface area (Å²) in [5.41, 5.74) is 5.54. The number of aliphatic hydroxyl groups is 1. The molecule has 2 atom stereocenters. The number of halogens is 1. The smallest absolute Gasteiger partial charge is 0.122 e. The van der Waals surface area contributed by atoms with Crippen LogP contribution in [0, 0.1) is 20.8 Å². The fourth-order valence-corrected chi connectivity index (χ4v) is 3.44. The first-order valence-corrected chi connectivity index (χ1v) is 9.74. The molecule has 0 saturated carbocycles. The lowest BCUT2D eigenvalue weighted by molar-refractivity contribution is 0.0920. The maximum Gasteiger partial charge on any atom is 0.122 e. The normalized spacial score (nSPS) is 13.2. The van der Waals surface area contributed by atoms with E-state index in [4.69, 9.17) is 9.72 Å². The van der Waals surface area contributed by atoms with E-state index in [1.165, 1.54) is 11.1 Å². The van der Waals surface area contributed by atoms with E-state index in [0.717, 1.165) is 34.6 Å². The summed E-state index contributed by atoms with van der Waals surface area (Å²) in [6.07, 6.45) is 0.406. The molecular formula is C23H31ClN2O2. The van der Waals surface area contributed by atoms with E-state index in [1.54, 1.807) is 0 Å². The molecule has 2 aromatic carbocycles. The first-order chi connectivity index (χ1) is 12.9. The number of nitrogens with zero attached hydrogens (tertiary/aromatic N) is 2. The Kier molecular flexibility index (Phi) is 7.50. The van der Waals surface area contributed by atoms with Gasteiger partial charge in [-0.1, -0.05) is 32.0 Å². The molecule has 3 rings (SSSR count). The van der Waals surface area contributed by atoms with Crippen LogP contribution >= 0.6 is 12.4 Å². The molecule has 2 unspecified atom stereocenters. The maximum absolute atomic E-state index is 10.7. The van der Waals surface area contributed by atoms with Crippen molar-refractivity contribution in [1.29, 1.82) is 0 Å². The molecule has 0 aliphatic heterocycles. The summed E-state index contributed by atoms with van der Waals surface area (Å²) in [4.78, 5) is 4.80. The Labute approximate surface area is 174 Å². The van der Waals surface area contributed by atoms with E-state index in [9.17, 15) is 5.11 Å². The fraction of sp³-hybridized carbons (Fsp3) is 0.435. The number of hydrogen-bond acceptors (Lipinski definition) is 3. The summed E-state index contributed by atoms with van der Waals surface area (Å²) in [6, 6.07) is 12.3. The monoisotopic (exact) mass is 402 g/mol. The van der Waals surface area contributed by atoms with Gasteiger partial charge in [-0.25, -0.2) is 4.98 Å².